The Bertz CT molecular complexity index is 1570. The van der Waals surface area contributed by atoms with Crippen molar-refractivity contribution in [1.29, 1.82) is 0 Å². The average molecular weight is 549 g/mol. The first-order valence-corrected chi connectivity index (χ1v) is 14.0. The Morgan fingerprint density at radius 3 is 2.22 bits per heavy atom. The molecule has 0 radical (unpaired) electrons. The molecule has 4 aromatic carbocycles. The van der Waals surface area contributed by atoms with Gasteiger partial charge in [-0.05, 0) is 91.6 Å². The van der Waals surface area contributed by atoms with Gasteiger partial charge in [0.2, 0.25) is 5.91 Å². The Kier molecular flexibility index (Phi) is 7.33. The molecule has 1 N–H and O–H groups in total. The van der Waals surface area contributed by atoms with Crippen molar-refractivity contribution in [3.05, 3.63) is 113 Å². The van der Waals surface area contributed by atoms with Gasteiger partial charge in [0.1, 0.15) is 11.5 Å². The van der Waals surface area contributed by atoms with E-state index < -0.39 is 12.0 Å². The molecule has 0 spiro atoms. The van der Waals surface area contributed by atoms with Crippen LogP contribution in [0.25, 0.3) is 0 Å². The van der Waals surface area contributed by atoms with Crippen molar-refractivity contribution in [3.8, 4) is 23.0 Å². The summed E-state index contributed by atoms with van der Waals surface area (Å²) in [7, 11) is 0. The molecule has 4 aromatic rings. The topological polar surface area (TPSA) is 77.1 Å². The van der Waals surface area contributed by atoms with Crippen LogP contribution in [0, 0.1) is 0 Å². The van der Waals surface area contributed by atoms with E-state index in [1.54, 1.807) is 0 Å². The zero-order valence-corrected chi connectivity index (χ0v) is 23.1. The van der Waals surface area contributed by atoms with Crippen LogP contribution in [-0.2, 0) is 11.2 Å². The van der Waals surface area contributed by atoms with Gasteiger partial charge in [-0.15, -0.1) is 0 Å². The second-order valence-corrected chi connectivity index (χ2v) is 10.1. The van der Waals surface area contributed by atoms with Crippen LogP contribution < -0.4 is 19.5 Å². The van der Waals surface area contributed by atoms with E-state index in [1.165, 1.54) is 0 Å². The summed E-state index contributed by atoms with van der Waals surface area (Å²) in [4.78, 5) is 29.6. The van der Waals surface area contributed by atoms with Crippen molar-refractivity contribution in [2.75, 3.05) is 25.1 Å². The maximum atomic E-state index is 14.1. The van der Waals surface area contributed by atoms with E-state index in [4.69, 9.17) is 14.2 Å². The van der Waals surface area contributed by atoms with Gasteiger partial charge in [-0.1, -0.05) is 36.4 Å². The van der Waals surface area contributed by atoms with Gasteiger partial charge in [0.15, 0.2) is 11.5 Å². The molecule has 0 aliphatic carbocycles. The molecule has 0 saturated carbocycles. The Morgan fingerprint density at radius 2 is 1.49 bits per heavy atom. The number of nitrogens with zero attached hydrogens (tertiary/aromatic N) is 1. The molecule has 0 bridgehead atoms. The summed E-state index contributed by atoms with van der Waals surface area (Å²) in [5.74, 6) is 1.85. The maximum Gasteiger partial charge on any atom is 0.254 e. The number of benzene rings is 4. The number of para-hydroxylation sites is 1. The molecule has 2 heterocycles. The van der Waals surface area contributed by atoms with E-state index in [2.05, 4.69) is 5.32 Å². The Morgan fingerprint density at radius 1 is 0.829 bits per heavy atom. The minimum absolute atomic E-state index is 0.0606. The van der Waals surface area contributed by atoms with Gasteiger partial charge in [0.05, 0.1) is 25.2 Å². The van der Waals surface area contributed by atoms with Crippen LogP contribution in [0.1, 0.15) is 52.9 Å². The molecule has 7 heteroatoms. The lowest BCUT2D eigenvalue weighted by molar-refractivity contribution is -0.119. The fourth-order valence-electron chi connectivity index (χ4n) is 5.80. The molecule has 6 rings (SSSR count). The minimum atomic E-state index is -0.615. The number of anilines is 1. The lowest BCUT2D eigenvalue weighted by Crippen LogP contribution is -2.49. The number of carbonyl (C=O) groups excluding carboxylic acids is 2. The molecule has 0 fully saturated rings. The van der Waals surface area contributed by atoms with Crippen LogP contribution in [0.4, 0.5) is 5.69 Å². The highest BCUT2D eigenvalue weighted by molar-refractivity contribution is 6.04. The third-order valence-electron chi connectivity index (χ3n) is 7.57. The van der Waals surface area contributed by atoms with Crippen molar-refractivity contribution >= 4 is 17.5 Å². The third kappa shape index (κ3) is 5.11. The molecule has 2 aliphatic rings. The summed E-state index contributed by atoms with van der Waals surface area (Å²) < 4.78 is 17.7. The average Bonchev–Trinajstić information content (AvgIpc) is 2.99. The number of amides is 2. The maximum absolute atomic E-state index is 14.1. The van der Waals surface area contributed by atoms with Gasteiger partial charge in [-0.25, -0.2) is 0 Å². The molecular weight excluding hydrogens is 516 g/mol. The minimum Gasteiger partial charge on any atom is -0.490 e. The molecule has 41 heavy (non-hydrogen) atoms. The number of fused-ring (bicyclic) bond motifs is 4. The largest absolute Gasteiger partial charge is 0.490 e. The van der Waals surface area contributed by atoms with Crippen LogP contribution in [0.3, 0.4) is 0 Å². The summed E-state index contributed by atoms with van der Waals surface area (Å²) in [5, 5.41) is 3.11. The SMILES string of the molecule is CCOc1cc2c(cc1OCC)[C@H]1[C@@H](C(=O)Nc3ccc(Oc4ccccc4)cc3)c3ccccc3C(=O)N1CC2. The Balaban J connectivity index is 1.35. The predicted molar refractivity (Wildman–Crippen MR) is 157 cm³/mol. The van der Waals surface area contributed by atoms with Crippen molar-refractivity contribution in [1.82, 2.24) is 4.90 Å². The Labute approximate surface area is 239 Å². The Hall–Kier alpha value is -4.78. The quantitative estimate of drug-likeness (QED) is 0.264. The van der Waals surface area contributed by atoms with E-state index in [1.807, 2.05) is 110 Å². The second kappa shape index (κ2) is 11.4. The zero-order valence-electron chi connectivity index (χ0n) is 23.1. The molecule has 2 amide bonds. The summed E-state index contributed by atoms with van der Waals surface area (Å²) in [5.41, 5.74) is 3.91. The van der Waals surface area contributed by atoms with Crippen LogP contribution in [-0.4, -0.2) is 36.5 Å². The van der Waals surface area contributed by atoms with Gasteiger partial charge in [-0.3, -0.25) is 9.59 Å². The highest BCUT2D eigenvalue weighted by atomic mass is 16.5. The molecule has 2 aliphatic heterocycles. The zero-order chi connectivity index (χ0) is 28.3. The van der Waals surface area contributed by atoms with Gasteiger partial charge in [-0.2, -0.15) is 0 Å². The molecule has 2 atom stereocenters. The third-order valence-corrected chi connectivity index (χ3v) is 7.57. The number of nitrogens with one attached hydrogen (secondary N) is 1. The van der Waals surface area contributed by atoms with E-state index in [-0.39, 0.29) is 11.8 Å². The van der Waals surface area contributed by atoms with Crippen LogP contribution >= 0.6 is 0 Å². The van der Waals surface area contributed by atoms with Crippen molar-refractivity contribution in [2.45, 2.75) is 32.2 Å². The predicted octanol–water partition coefficient (Wildman–Crippen LogP) is 6.75. The number of hydrogen-bond donors (Lipinski definition) is 1. The van der Waals surface area contributed by atoms with Crippen molar-refractivity contribution in [2.24, 2.45) is 0 Å². The number of hydrogen-bond acceptors (Lipinski definition) is 5. The monoisotopic (exact) mass is 548 g/mol. The molecule has 0 aromatic heterocycles. The highest BCUT2D eigenvalue weighted by Gasteiger charge is 2.46. The van der Waals surface area contributed by atoms with E-state index in [0.717, 1.165) is 22.4 Å². The standard InChI is InChI=1S/C34H32N2O5/c1-3-39-29-20-22-18-19-36-32(28(22)21-30(29)40-4-2)31(26-12-8-9-13-27(26)34(36)38)33(37)35-23-14-16-25(17-15-23)41-24-10-6-5-7-11-24/h5-17,20-21,31-32H,3-4,18-19H2,1-2H3,(H,35,37)/t31-,32-/m0/s1. The lowest BCUT2D eigenvalue weighted by atomic mass is 9.75. The smallest absolute Gasteiger partial charge is 0.254 e. The normalized spacial score (nSPS) is 17.1. The van der Waals surface area contributed by atoms with E-state index in [9.17, 15) is 9.59 Å². The van der Waals surface area contributed by atoms with Crippen molar-refractivity contribution < 1.29 is 23.8 Å². The highest BCUT2D eigenvalue weighted by Crippen LogP contribution is 2.48. The number of rotatable bonds is 8. The van der Waals surface area contributed by atoms with Gasteiger partial charge >= 0.3 is 0 Å². The second-order valence-electron chi connectivity index (χ2n) is 10.1. The first-order chi connectivity index (χ1) is 20.1. The fourth-order valence-corrected chi connectivity index (χ4v) is 5.80. The molecule has 208 valence electrons. The van der Waals surface area contributed by atoms with Crippen molar-refractivity contribution in [3.63, 3.8) is 0 Å². The molecule has 0 saturated heterocycles. The van der Waals surface area contributed by atoms with Gasteiger partial charge < -0.3 is 24.4 Å². The molecule has 7 nitrogen and oxygen atoms in total. The van der Waals surface area contributed by atoms with E-state index in [0.29, 0.717) is 54.7 Å². The van der Waals surface area contributed by atoms with Crippen LogP contribution in [0.5, 0.6) is 23.0 Å². The molecule has 0 unspecified atom stereocenters. The first kappa shape index (κ1) is 26.4. The van der Waals surface area contributed by atoms with E-state index >= 15 is 0 Å². The number of carbonyl (C=O) groups is 2. The van der Waals surface area contributed by atoms with Gasteiger partial charge in [0, 0.05) is 17.8 Å². The van der Waals surface area contributed by atoms with Gasteiger partial charge in [0.25, 0.3) is 5.91 Å². The summed E-state index contributed by atoms with van der Waals surface area (Å²) in [6.45, 7) is 5.37. The fraction of sp³-hybridized carbons (Fsp3) is 0.235. The van der Waals surface area contributed by atoms with Crippen LogP contribution in [0.15, 0.2) is 91.0 Å². The number of ether oxygens (including phenoxy) is 3. The van der Waals surface area contributed by atoms with Crippen LogP contribution in [0.2, 0.25) is 0 Å². The summed E-state index contributed by atoms with van der Waals surface area (Å²) in [6.07, 6.45) is 0.670. The molecular formula is C34H32N2O5. The summed E-state index contributed by atoms with van der Waals surface area (Å²) >= 11 is 0. The lowest BCUT2D eigenvalue weighted by Gasteiger charge is -2.45. The first-order valence-electron chi connectivity index (χ1n) is 14.0. The summed E-state index contributed by atoms with van der Waals surface area (Å²) in [6, 6.07) is 27.7.